The number of furan rings is 1. The van der Waals surface area contributed by atoms with Crippen molar-refractivity contribution >= 4 is 11.0 Å². The lowest BCUT2D eigenvalue weighted by molar-refractivity contribution is 0.244. The highest BCUT2D eigenvalue weighted by atomic mass is 16.5. The van der Waals surface area contributed by atoms with E-state index in [-0.39, 0.29) is 0 Å². The third-order valence-electron chi connectivity index (χ3n) is 3.77. The molecule has 1 saturated heterocycles. The van der Waals surface area contributed by atoms with Gasteiger partial charge in [0, 0.05) is 38.1 Å². The Kier molecular flexibility index (Phi) is 3.71. The fourth-order valence-corrected chi connectivity index (χ4v) is 2.65. The molecule has 0 unspecified atom stereocenters. The number of nitrogens with one attached hydrogen (secondary N) is 1. The van der Waals surface area contributed by atoms with Gasteiger partial charge < -0.3 is 19.4 Å². The Morgan fingerprint density at radius 2 is 2.16 bits per heavy atom. The molecule has 1 fully saturated rings. The number of fused-ring (bicyclic) bond motifs is 1. The van der Waals surface area contributed by atoms with E-state index in [4.69, 9.17) is 9.15 Å². The van der Waals surface area contributed by atoms with Crippen molar-refractivity contribution in [2.24, 2.45) is 0 Å². The molecule has 1 N–H and O–H groups in total. The fraction of sp³-hybridized carbons (Fsp3) is 0.467. The van der Waals surface area contributed by atoms with Crippen molar-refractivity contribution in [3.63, 3.8) is 0 Å². The van der Waals surface area contributed by atoms with Gasteiger partial charge in [0.05, 0.1) is 13.4 Å². The van der Waals surface area contributed by atoms with Gasteiger partial charge in [-0.3, -0.25) is 0 Å². The number of hydrogen-bond acceptors (Lipinski definition) is 4. The molecule has 2 heterocycles. The van der Waals surface area contributed by atoms with Crippen LogP contribution in [0.1, 0.15) is 5.56 Å². The SMILES string of the molecule is COc1cccc2c(CCN3CCNCC3)coc12. The molecule has 1 aliphatic rings. The van der Waals surface area contributed by atoms with Crippen molar-refractivity contribution in [1.82, 2.24) is 10.2 Å². The molecule has 1 aromatic carbocycles. The Hall–Kier alpha value is -1.52. The fourth-order valence-electron chi connectivity index (χ4n) is 2.65. The summed E-state index contributed by atoms with van der Waals surface area (Å²) in [6, 6.07) is 6.06. The average Bonchev–Trinajstić information content (AvgIpc) is 2.89. The molecule has 19 heavy (non-hydrogen) atoms. The summed E-state index contributed by atoms with van der Waals surface area (Å²) in [6.45, 7) is 5.56. The summed E-state index contributed by atoms with van der Waals surface area (Å²) in [5, 5.41) is 4.55. The molecule has 2 aromatic rings. The monoisotopic (exact) mass is 260 g/mol. The first-order valence-electron chi connectivity index (χ1n) is 6.84. The normalized spacial score (nSPS) is 16.9. The van der Waals surface area contributed by atoms with E-state index >= 15 is 0 Å². The Balaban J connectivity index is 1.74. The predicted molar refractivity (Wildman–Crippen MR) is 75.8 cm³/mol. The first-order valence-corrected chi connectivity index (χ1v) is 6.84. The van der Waals surface area contributed by atoms with Gasteiger partial charge in [-0.2, -0.15) is 0 Å². The molecule has 0 saturated carbocycles. The predicted octanol–water partition coefficient (Wildman–Crippen LogP) is 1.89. The number of para-hydroxylation sites is 1. The Morgan fingerprint density at radius 3 is 2.95 bits per heavy atom. The summed E-state index contributed by atoms with van der Waals surface area (Å²) in [7, 11) is 1.68. The third-order valence-corrected chi connectivity index (χ3v) is 3.77. The molecule has 0 amide bonds. The van der Waals surface area contributed by atoms with Crippen LogP contribution in [0, 0.1) is 0 Å². The average molecular weight is 260 g/mol. The lowest BCUT2D eigenvalue weighted by Gasteiger charge is -2.26. The van der Waals surface area contributed by atoms with Gasteiger partial charge in [0.15, 0.2) is 11.3 Å². The lowest BCUT2D eigenvalue weighted by Crippen LogP contribution is -2.44. The quantitative estimate of drug-likeness (QED) is 0.911. The van der Waals surface area contributed by atoms with Crippen molar-refractivity contribution in [2.75, 3.05) is 39.8 Å². The van der Waals surface area contributed by atoms with Gasteiger partial charge in [0.25, 0.3) is 0 Å². The maximum absolute atomic E-state index is 5.66. The maximum atomic E-state index is 5.66. The minimum Gasteiger partial charge on any atom is -0.493 e. The Morgan fingerprint density at radius 1 is 1.32 bits per heavy atom. The summed E-state index contributed by atoms with van der Waals surface area (Å²) in [6.07, 6.45) is 2.90. The van der Waals surface area contributed by atoms with Crippen molar-refractivity contribution in [3.05, 3.63) is 30.0 Å². The zero-order valence-corrected chi connectivity index (χ0v) is 11.3. The summed E-state index contributed by atoms with van der Waals surface area (Å²) < 4.78 is 11.0. The standard InChI is InChI=1S/C15H20N2O2/c1-18-14-4-2-3-13-12(11-19-15(13)14)5-8-17-9-6-16-7-10-17/h2-4,11,16H,5-10H2,1H3. The minimum atomic E-state index is 0.811. The lowest BCUT2D eigenvalue weighted by atomic mass is 10.1. The molecule has 0 aliphatic carbocycles. The molecular formula is C15H20N2O2. The number of benzene rings is 1. The van der Waals surface area contributed by atoms with Gasteiger partial charge in [0.1, 0.15) is 0 Å². The second-order valence-electron chi connectivity index (χ2n) is 4.94. The zero-order chi connectivity index (χ0) is 13.1. The Labute approximate surface area is 113 Å². The Bertz CT molecular complexity index is 544. The molecule has 0 bridgehead atoms. The van der Waals surface area contributed by atoms with Gasteiger partial charge in [-0.05, 0) is 18.1 Å². The minimum absolute atomic E-state index is 0.811. The molecule has 1 aliphatic heterocycles. The van der Waals surface area contributed by atoms with Crippen LogP contribution in [0.2, 0.25) is 0 Å². The van der Waals surface area contributed by atoms with Crippen LogP contribution < -0.4 is 10.1 Å². The smallest absolute Gasteiger partial charge is 0.175 e. The van der Waals surface area contributed by atoms with Crippen LogP contribution in [0.3, 0.4) is 0 Å². The van der Waals surface area contributed by atoms with Crippen LogP contribution >= 0.6 is 0 Å². The first kappa shape index (κ1) is 12.5. The molecular weight excluding hydrogens is 240 g/mol. The van der Waals surface area contributed by atoms with Crippen molar-refractivity contribution < 1.29 is 9.15 Å². The van der Waals surface area contributed by atoms with E-state index in [1.165, 1.54) is 10.9 Å². The summed E-state index contributed by atoms with van der Waals surface area (Å²) in [5.74, 6) is 0.811. The summed E-state index contributed by atoms with van der Waals surface area (Å²) >= 11 is 0. The van der Waals surface area contributed by atoms with Crippen LogP contribution in [0.25, 0.3) is 11.0 Å². The number of ether oxygens (including phenoxy) is 1. The maximum Gasteiger partial charge on any atom is 0.175 e. The molecule has 4 nitrogen and oxygen atoms in total. The summed E-state index contributed by atoms with van der Waals surface area (Å²) in [4.78, 5) is 2.50. The van der Waals surface area contributed by atoms with Crippen LogP contribution in [0.15, 0.2) is 28.9 Å². The van der Waals surface area contributed by atoms with Crippen LogP contribution in [-0.4, -0.2) is 44.7 Å². The van der Waals surface area contributed by atoms with E-state index < -0.39 is 0 Å². The molecule has 0 radical (unpaired) electrons. The third kappa shape index (κ3) is 2.60. The van der Waals surface area contributed by atoms with E-state index in [9.17, 15) is 0 Å². The molecule has 3 rings (SSSR count). The second kappa shape index (κ2) is 5.63. The first-order chi connectivity index (χ1) is 9.38. The molecule has 0 spiro atoms. The van der Waals surface area contributed by atoms with Crippen LogP contribution in [-0.2, 0) is 6.42 Å². The number of methoxy groups -OCH3 is 1. The zero-order valence-electron chi connectivity index (χ0n) is 11.3. The molecule has 1 aromatic heterocycles. The van der Waals surface area contributed by atoms with Crippen LogP contribution in [0.5, 0.6) is 5.75 Å². The van der Waals surface area contributed by atoms with Crippen molar-refractivity contribution in [2.45, 2.75) is 6.42 Å². The second-order valence-corrected chi connectivity index (χ2v) is 4.94. The molecule has 102 valence electrons. The molecule has 0 atom stereocenters. The van der Waals surface area contributed by atoms with Crippen molar-refractivity contribution in [1.29, 1.82) is 0 Å². The van der Waals surface area contributed by atoms with Gasteiger partial charge in [0.2, 0.25) is 0 Å². The topological polar surface area (TPSA) is 37.6 Å². The number of hydrogen-bond donors (Lipinski definition) is 1. The van der Waals surface area contributed by atoms with E-state index in [0.29, 0.717) is 0 Å². The van der Waals surface area contributed by atoms with Gasteiger partial charge in [-0.15, -0.1) is 0 Å². The van der Waals surface area contributed by atoms with Gasteiger partial charge >= 0.3 is 0 Å². The molecule has 4 heteroatoms. The van der Waals surface area contributed by atoms with E-state index in [1.807, 2.05) is 18.4 Å². The van der Waals surface area contributed by atoms with E-state index in [0.717, 1.165) is 50.5 Å². The number of piperazine rings is 1. The van der Waals surface area contributed by atoms with Crippen LogP contribution in [0.4, 0.5) is 0 Å². The van der Waals surface area contributed by atoms with Gasteiger partial charge in [-0.25, -0.2) is 0 Å². The highest BCUT2D eigenvalue weighted by molar-refractivity contribution is 5.86. The largest absolute Gasteiger partial charge is 0.493 e. The number of nitrogens with zero attached hydrogens (tertiary/aromatic N) is 1. The highest BCUT2D eigenvalue weighted by Gasteiger charge is 2.13. The van der Waals surface area contributed by atoms with E-state index in [2.05, 4.69) is 16.3 Å². The van der Waals surface area contributed by atoms with Crippen molar-refractivity contribution in [3.8, 4) is 5.75 Å². The highest BCUT2D eigenvalue weighted by Crippen LogP contribution is 2.29. The number of rotatable bonds is 4. The summed E-state index contributed by atoms with van der Waals surface area (Å²) in [5.41, 5.74) is 2.13. The van der Waals surface area contributed by atoms with Gasteiger partial charge in [-0.1, -0.05) is 12.1 Å². The van der Waals surface area contributed by atoms with E-state index in [1.54, 1.807) is 7.11 Å².